The second-order valence-corrected chi connectivity index (χ2v) is 7.05. The van der Waals surface area contributed by atoms with Crippen LogP contribution in [0.3, 0.4) is 0 Å². The van der Waals surface area contributed by atoms with Gasteiger partial charge in [-0.3, -0.25) is 4.99 Å². The molecule has 0 spiro atoms. The van der Waals surface area contributed by atoms with Gasteiger partial charge in [0.1, 0.15) is 5.75 Å². The SMILES string of the molecule is CCNC(=NCC(c1ccc(OC)cc1)N(C)C)NCCN(C)CCCOC. The highest BCUT2D eigenvalue weighted by molar-refractivity contribution is 5.79. The fraction of sp³-hybridized carbons (Fsp3) is 0.667. The zero-order chi connectivity index (χ0) is 20.8. The van der Waals surface area contributed by atoms with Gasteiger partial charge in [0, 0.05) is 39.9 Å². The van der Waals surface area contributed by atoms with E-state index in [1.807, 2.05) is 12.1 Å². The van der Waals surface area contributed by atoms with Gasteiger partial charge >= 0.3 is 0 Å². The fourth-order valence-electron chi connectivity index (χ4n) is 2.87. The number of benzene rings is 1. The van der Waals surface area contributed by atoms with Crippen molar-refractivity contribution in [2.24, 2.45) is 4.99 Å². The smallest absolute Gasteiger partial charge is 0.191 e. The van der Waals surface area contributed by atoms with Gasteiger partial charge in [-0.2, -0.15) is 0 Å². The maximum atomic E-state index is 5.26. The molecule has 0 saturated carbocycles. The molecule has 2 N–H and O–H groups in total. The molecule has 0 aliphatic carbocycles. The van der Waals surface area contributed by atoms with E-state index >= 15 is 0 Å². The lowest BCUT2D eigenvalue weighted by Crippen LogP contribution is -2.41. The Morgan fingerprint density at radius 1 is 1.07 bits per heavy atom. The molecule has 1 atom stereocenters. The monoisotopic (exact) mass is 393 g/mol. The Hall–Kier alpha value is -1.83. The van der Waals surface area contributed by atoms with Gasteiger partial charge < -0.3 is 29.9 Å². The predicted molar refractivity (Wildman–Crippen MR) is 117 cm³/mol. The molecule has 1 unspecified atom stereocenters. The number of aliphatic imine (C=N–C) groups is 1. The summed E-state index contributed by atoms with van der Waals surface area (Å²) in [5.74, 6) is 1.72. The molecule has 0 heterocycles. The Labute approximate surface area is 171 Å². The van der Waals surface area contributed by atoms with Crippen molar-refractivity contribution < 1.29 is 9.47 Å². The molecule has 0 radical (unpaired) electrons. The lowest BCUT2D eigenvalue weighted by Gasteiger charge is -2.24. The molecule has 1 aromatic rings. The maximum absolute atomic E-state index is 5.26. The maximum Gasteiger partial charge on any atom is 0.191 e. The van der Waals surface area contributed by atoms with E-state index in [0.29, 0.717) is 6.54 Å². The second-order valence-electron chi connectivity index (χ2n) is 7.05. The molecule has 0 aliphatic heterocycles. The normalized spacial score (nSPS) is 13.1. The molecule has 0 fully saturated rings. The minimum atomic E-state index is 0.207. The van der Waals surface area contributed by atoms with E-state index in [0.717, 1.165) is 50.9 Å². The van der Waals surface area contributed by atoms with Gasteiger partial charge in [0.05, 0.1) is 19.7 Å². The van der Waals surface area contributed by atoms with Crippen molar-refractivity contribution in [2.45, 2.75) is 19.4 Å². The van der Waals surface area contributed by atoms with E-state index in [1.54, 1.807) is 14.2 Å². The molecule has 1 aromatic carbocycles. The Morgan fingerprint density at radius 2 is 1.79 bits per heavy atom. The molecule has 0 saturated heterocycles. The van der Waals surface area contributed by atoms with Crippen LogP contribution in [-0.4, -0.2) is 90.5 Å². The van der Waals surface area contributed by atoms with Crippen molar-refractivity contribution in [3.63, 3.8) is 0 Å². The first-order chi connectivity index (χ1) is 13.5. The third-order valence-corrected chi connectivity index (χ3v) is 4.56. The second kappa shape index (κ2) is 14.2. The van der Waals surface area contributed by atoms with Gasteiger partial charge in [-0.1, -0.05) is 12.1 Å². The average molecular weight is 394 g/mol. The van der Waals surface area contributed by atoms with Crippen LogP contribution in [0.4, 0.5) is 0 Å². The van der Waals surface area contributed by atoms with Crippen LogP contribution in [0.5, 0.6) is 5.75 Å². The van der Waals surface area contributed by atoms with Crippen LogP contribution in [0.1, 0.15) is 24.9 Å². The van der Waals surface area contributed by atoms with Gasteiger partial charge in [0.25, 0.3) is 0 Å². The van der Waals surface area contributed by atoms with Crippen LogP contribution in [0.2, 0.25) is 0 Å². The Balaban J connectivity index is 2.61. The summed E-state index contributed by atoms with van der Waals surface area (Å²) >= 11 is 0. The van der Waals surface area contributed by atoms with Crippen molar-refractivity contribution in [1.29, 1.82) is 0 Å². The van der Waals surface area contributed by atoms with Crippen molar-refractivity contribution in [2.75, 3.05) is 74.7 Å². The van der Waals surface area contributed by atoms with E-state index in [-0.39, 0.29) is 6.04 Å². The highest BCUT2D eigenvalue weighted by Gasteiger charge is 2.14. The molecule has 0 aliphatic rings. The first-order valence-corrected chi connectivity index (χ1v) is 10.0. The van der Waals surface area contributed by atoms with Crippen molar-refractivity contribution >= 4 is 5.96 Å². The van der Waals surface area contributed by atoms with Gasteiger partial charge in [-0.25, -0.2) is 0 Å². The fourth-order valence-corrected chi connectivity index (χ4v) is 2.87. The van der Waals surface area contributed by atoms with Gasteiger partial charge in [-0.05, 0) is 52.2 Å². The number of hydrogen-bond acceptors (Lipinski definition) is 5. The van der Waals surface area contributed by atoms with Crippen LogP contribution in [0, 0.1) is 0 Å². The molecule has 160 valence electrons. The summed E-state index contributed by atoms with van der Waals surface area (Å²) < 4.78 is 10.4. The highest BCUT2D eigenvalue weighted by Crippen LogP contribution is 2.21. The highest BCUT2D eigenvalue weighted by atomic mass is 16.5. The van der Waals surface area contributed by atoms with Gasteiger partial charge in [0.15, 0.2) is 5.96 Å². The van der Waals surface area contributed by atoms with Crippen LogP contribution in [0.25, 0.3) is 0 Å². The topological polar surface area (TPSA) is 61.4 Å². The van der Waals surface area contributed by atoms with Gasteiger partial charge in [-0.15, -0.1) is 0 Å². The molecule has 0 bridgehead atoms. The molecule has 0 amide bonds. The lowest BCUT2D eigenvalue weighted by molar-refractivity contribution is 0.180. The Morgan fingerprint density at radius 3 is 2.36 bits per heavy atom. The van der Waals surface area contributed by atoms with Crippen molar-refractivity contribution in [1.82, 2.24) is 20.4 Å². The van der Waals surface area contributed by atoms with Crippen LogP contribution >= 0.6 is 0 Å². The molecule has 1 rings (SSSR count). The number of hydrogen-bond donors (Lipinski definition) is 2. The lowest BCUT2D eigenvalue weighted by atomic mass is 10.1. The summed E-state index contributed by atoms with van der Waals surface area (Å²) in [6.07, 6.45) is 1.05. The summed E-state index contributed by atoms with van der Waals surface area (Å²) in [5.41, 5.74) is 1.23. The number of methoxy groups -OCH3 is 2. The molecular formula is C21H39N5O2. The number of rotatable bonds is 13. The zero-order valence-corrected chi connectivity index (χ0v) is 18.5. The minimum absolute atomic E-state index is 0.207. The van der Waals surface area contributed by atoms with E-state index < -0.39 is 0 Å². The third-order valence-electron chi connectivity index (χ3n) is 4.56. The number of guanidine groups is 1. The average Bonchev–Trinajstić information content (AvgIpc) is 2.68. The number of ether oxygens (including phenoxy) is 2. The summed E-state index contributed by atoms with van der Waals surface area (Å²) in [7, 11) is 9.73. The minimum Gasteiger partial charge on any atom is -0.497 e. The standard InChI is InChI=1S/C21H39N5O2/c1-7-22-21(23-13-15-26(4)14-8-16-27-5)24-17-20(25(2)3)18-9-11-19(28-6)12-10-18/h9-12,20H,7-8,13-17H2,1-6H3,(H2,22,23,24). The summed E-state index contributed by atoms with van der Waals surface area (Å²) in [4.78, 5) is 9.30. The van der Waals surface area contributed by atoms with E-state index in [2.05, 4.69) is 60.6 Å². The summed E-state index contributed by atoms with van der Waals surface area (Å²) in [6, 6.07) is 8.41. The molecular weight excluding hydrogens is 354 g/mol. The van der Waals surface area contributed by atoms with E-state index in [9.17, 15) is 0 Å². The van der Waals surface area contributed by atoms with Crippen molar-refractivity contribution in [3.05, 3.63) is 29.8 Å². The Bertz CT molecular complexity index is 548. The molecule has 7 heteroatoms. The third kappa shape index (κ3) is 9.39. The van der Waals surface area contributed by atoms with E-state index in [1.165, 1.54) is 5.56 Å². The number of nitrogens with zero attached hydrogens (tertiary/aromatic N) is 3. The predicted octanol–water partition coefficient (Wildman–Crippen LogP) is 1.82. The first-order valence-electron chi connectivity index (χ1n) is 10.0. The molecule has 0 aromatic heterocycles. The van der Waals surface area contributed by atoms with Gasteiger partial charge in [0.2, 0.25) is 0 Å². The van der Waals surface area contributed by atoms with Crippen LogP contribution in [-0.2, 0) is 4.74 Å². The first kappa shape index (κ1) is 24.2. The number of nitrogens with one attached hydrogen (secondary N) is 2. The Kier molecular flexibility index (Phi) is 12.3. The van der Waals surface area contributed by atoms with E-state index in [4.69, 9.17) is 14.5 Å². The van der Waals surface area contributed by atoms with Crippen LogP contribution < -0.4 is 15.4 Å². The summed E-state index contributed by atoms with van der Waals surface area (Å²) in [5, 5.41) is 6.77. The zero-order valence-electron chi connectivity index (χ0n) is 18.5. The largest absolute Gasteiger partial charge is 0.497 e. The summed E-state index contributed by atoms with van der Waals surface area (Å²) in [6.45, 7) is 7.25. The molecule has 28 heavy (non-hydrogen) atoms. The molecule has 7 nitrogen and oxygen atoms in total. The van der Waals surface area contributed by atoms with Crippen LogP contribution in [0.15, 0.2) is 29.3 Å². The number of likely N-dealkylation sites (N-methyl/N-ethyl adjacent to an activating group) is 2. The van der Waals surface area contributed by atoms with Crippen molar-refractivity contribution in [3.8, 4) is 5.75 Å². The quantitative estimate of drug-likeness (QED) is 0.303.